The average Bonchev–Trinajstić information content (AvgIpc) is 2.98. The zero-order valence-corrected chi connectivity index (χ0v) is 17.6. The van der Waals surface area contributed by atoms with E-state index < -0.39 is 0 Å². The number of carbonyl (C=O) groups is 1. The molecule has 0 N–H and O–H groups in total. The lowest BCUT2D eigenvalue weighted by atomic mass is 10.0. The minimum absolute atomic E-state index is 0.0431. The topological polar surface area (TPSA) is 47.4 Å². The highest BCUT2D eigenvalue weighted by Gasteiger charge is 2.21. The zero-order chi connectivity index (χ0) is 19.0. The molecule has 2 aromatic heterocycles. The molecule has 1 aromatic carbocycles. The van der Waals surface area contributed by atoms with Crippen LogP contribution in [0.3, 0.4) is 0 Å². The Bertz CT molecular complexity index is 1020. The van der Waals surface area contributed by atoms with Gasteiger partial charge in [-0.1, -0.05) is 19.1 Å². The van der Waals surface area contributed by atoms with Crippen LogP contribution in [0.5, 0.6) is 0 Å². The van der Waals surface area contributed by atoms with E-state index in [1.807, 2.05) is 37.3 Å². The fourth-order valence-corrected chi connectivity index (χ4v) is 4.83. The summed E-state index contributed by atoms with van der Waals surface area (Å²) in [5.41, 5.74) is 3.98. The molecule has 4 rings (SSSR count). The van der Waals surface area contributed by atoms with Gasteiger partial charge >= 0.3 is 0 Å². The van der Waals surface area contributed by atoms with Gasteiger partial charge in [-0.15, -0.1) is 0 Å². The van der Waals surface area contributed by atoms with Crippen LogP contribution >= 0.6 is 30.3 Å². The summed E-state index contributed by atoms with van der Waals surface area (Å²) in [6.45, 7) is 3.13. The van der Waals surface area contributed by atoms with Crippen molar-refractivity contribution in [3.8, 4) is 11.1 Å². The number of carbonyl (C=O) groups excluding carboxylic acids is 1. The van der Waals surface area contributed by atoms with Crippen molar-refractivity contribution >= 4 is 53.0 Å². The molecule has 1 aliphatic heterocycles. The number of amides is 1. The average molecular weight is 497 g/mol. The molecule has 27 heavy (non-hydrogen) atoms. The number of pyridine rings is 1. The molecule has 8 heteroatoms. The fourth-order valence-electron chi connectivity index (χ4n) is 3.37. The van der Waals surface area contributed by atoms with Crippen LogP contribution in [0.2, 0.25) is 0 Å². The van der Waals surface area contributed by atoms with Gasteiger partial charge in [0.25, 0.3) is 5.91 Å². The summed E-state index contributed by atoms with van der Waals surface area (Å²) in [6, 6.07) is 9.76. The maximum atomic E-state index is 14.6. The largest absolute Gasteiger partial charge is 0.370 e. The molecule has 3 aromatic rings. The van der Waals surface area contributed by atoms with Gasteiger partial charge < -0.3 is 9.64 Å². The Labute approximate surface area is 172 Å². The molecular formula is C19H17FIN3O2S. The summed E-state index contributed by atoms with van der Waals surface area (Å²) >= 11 is 2.06. The number of anilines is 1. The Kier molecular flexibility index (Phi) is 5.38. The van der Waals surface area contributed by atoms with Crippen molar-refractivity contribution in [1.82, 2.24) is 8.96 Å². The lowest BCUT2D eigenvalue weighted by Crippen LogP contribution is -2.41. The van der Waals surface area contributed by atoms with Gasteiger partial charge in [-0.2, -0.15) is 4.39 Å². The second-order valence-corrected chi connectivity index (χ2v) is 7.91. The summed E-state index contributed by atoms with van der Waals surface area (Å²) in [5.74, 6) is -0.289. The first kappa shape index (κ1) is 18.7. The first-order valence-electron chi connectivity index (χ1n) is 8.60. The highest BCUT2D eigenvalue weighted by Crippen LogP contribution is 2.34. The lowest BCUT2D eigenvalue weighted by Gasteiger charge is -2.27. The van der Waals surface area contributed by atoms with Crippen LogP contribution in [0, 0.1) is 5.95 Å². The molecular weight excluding hydrogens is 480 g/mol. The van der Waals surface area contributed by atoms with E-state index in [0.717, 1.165) is 22.2 Å². The van der Waals surface area contributed by atoms with Crippen LogP contribution in [-0.2, 0) is 16.0 Å². The van der Waals surface area contributed by atoms with Crippen molar-refractivity contribution in [1.29, 1.82) is 0 Å². The van der Waals surface area contributed by atoms with Crippen LogP contribution in [0.15, 0.2) is 36.5 Å². The normalized spacial score (nSPS) is 14.9. The highest BCUT2D eigenvalue weighted by molar-refractivity contribution is 14.2. The molecule has 5 nitrogen and oxygen atoms in total. The summed E-state index contributed by atoms with van der Waals surface area (Å²) in [6.07, 6.45) is 2.35. The number of hydrogen-bond acceptors (Lipinski definition) is 4. The van der Waals surface area contributed by atoms with E-state index in [1.54, 1.807) is 11.1 Å². The maximum absolute atomic E-state index is 14.6. The molecule has 0 aliphatic carbocycles. The van der Waals surface area contributed by atoms with Crippen LogP contribution in [0.1, 0.15) is 12.5 Å². The minimum Gasteiger partial charge on any atom is -0.370 e. The molecule has 0 unspecified atom stereocenters. The second kappa shape index (κ2) is 7.76. The Hall–Kier alpha value is -1.65. The second-order valence-electron chi connectivity index (χ2n) is 6.23. The molecule has 1 fully saturated rings. The molecule has 0 spiro atoms. The summed E-state index contributed by atoms with van der Waals surface area (Å²) in [5, 5.41) is 0.824. The number of hydrogen-bond donors (Lipinski definition) is 0. The quantitative estimate of drug-likeness (QED) is 0.494. The molecule has 0 radical (unpaired) electrons. The van der Waals surface area contributed by atoms with E-state index in [-0.39, 0.29) is 18.5 Å². The smallest absolute Gasteiger partial charge is 0.253 e. The molecule has 0 bridgehead atoms. The number of aromatic nitrogens is 2. The Morgan fingerprint density at radius 2 is 2.19 bits per heavy atom. The first-order valence-corrected chi connectivity index (χ1v) is 11.9. The summed E-state index contributed by atoms with van der Waals surface area (Å²) < 4.78 is 21.3. The standard InChI is InChI=1S/C19H17FIN3O2S/c1-2-15-16-9-13(10-22-19(16)24(27-21)18(15)20)12-4-3-5-14(8-12)23-6-7-26-11-17(23)25/h3-5,8-10H,2,6-7,11H2,1H3. The van der Waals surface area contributed by atoms with Gasteiger partial charge in [-0.05, 0) is 30.2 Å². The number of morpholine rings is 1. The highest BCUT2D eigenvalue weighted by atomic mass is 127. The molecule has 0 atom stereocenters. The third kappa shape index (κ3) is 3.34. The van der Waals surface area contributed by atoms with Gasteiger partial charge in [-0.25, -0.2) is 8.96 Å². The number of nitrogens with zero attached hydrogens (tertiary/aromatic N) is 3. The first-order chi connectivity index (χ1) is 13.1. The number of halogens is 2. The van der Waals surface area contributed by atoms with Crippen LogP contribution in [0.4, 0.5) is 10.1 Å². The van der Waals surface area contributed by atoms with Gasteiger partial charge in [0.2, 0.25) is 5.95 Å². The molecule has 1 aliphatic rings. The van der Waals surface area contributed by atoms with Crippen LogP contribution < -0.4 is 4.90 Å². The molecule has 1 amide bonds. The number of benzene rings is 1. The van der Waals surface area contributed by atoms with Crippen molar-refractivity contribution in [2.24, 2.45) is 0 Å². The van der Waals surface area contributed by atoms with Gasteiger partial charge in [0.05, 0.1) is 6.61 Å². The predicted molar refractivity (Wildman–Crippen MR) is 115 cm³/mol. The molecule has 1 saturated heterocycles. The minimum atomic E-state index is -0.246. The number of ether oxygens (including phenoxy) is 1. The van der Waals surface area contributed by atoms with Gasteiger partial charge in [0.15, 0.2) is 5.65 Å². The fraction of sp³-hybridized carbons (Fsp3) is 0.263. The summed E-state index contributed by atoms with van der Waals surface area (Å²) in [4.78, 5) is 18.4. The Morgan fingerprint density at radius 1 is 1.33 bits per heavy atom. The SMILES string of the molecule is CCc1c(F)n(SI)c2ncc(-c3cccc(N4CCOCC4=O)c3)cc12. The van der Waals surface area contributed by atoms with Gasteiger partial charge in [-0.3, -0.25) is 4.79 Å². The van der Waals surface area contributed by atoms with Crippen molar-refractivity contribution in [2.75, 3.05) is 24.7 Å². The van der Waals surface area contributed by atoms with Crippen molar-refractivity contribution in [3.63, 3.8) is 0 Å². The third-order valence-electron chi connectivity index (χ3n) is 4.71. The van der Waals surface area contributed by atoms with E-state index in [0.29, 0.717) is 30.8 Å². The Balaban J connectivity index is 1.78. The zero-order valence-electron chi connectivity index (χ0n) is 14.6. The number of fused-ring (bicyclic) bond motifs is 1. The van der Waals surface area contributed by atoms with Crippen LogP contribution in [-0.4, -0.2) is 34.6 Å². The van der Waals surface area contributed by atoms with E-state index in [2.05, 4.69) is 26.2 Å². The molecule has 0 saturated carbocycles. The molecule has 3 heterocycles. The van der Waals surface area contributed by atoms with E-state index in [4.69, 9.17) is 4.74 Å². The van der Waals surface area contributed by atoms with E-state index in [1.165, 1.54) is 13.1 Å². The lowest BCUT2D eigenvalue weighted by molar-refractivity contribution is -0.125. The summed E-state index contributed by atoms with van der Waals surface area (Å²) in [7, 11) is 1.28. The molecule has 140 valence electrons. The Morgan fingerprint density at radius 3 is 2.93 bits per heavy atom. The monoisotopic (exact) mass is 497 g/mol. The maximum Gasteiger partial charge on any atom is 0.253 e. The van der Waals surface area contributed by atoms with Crippen LogP contribution in [0.25, 0.3) is 22.2 Å². The number of rotatable bonds is 4. The van der Waals surface area contributed by atoms with Crippen molar-refractivity contribution in [3.05, 3.63) is 48.0 Å². The third-order valence-corrected chi connectivity index (χ3v) is 6.36. The number of aryl methyl sites for hydroxylation is 1. The van der Waals surface area contributed by atoms with Crippen molar-refractivity contribution < 1.29 is 13.9 Å². The van der Waals surface area contributed by atoms with Crippen molar-refractivity contribution in [2.45, 2.75) is 13.3 Å². The predicted octanol–water partition coefficient (Wildman–Crippen LogP) is 4.61. The van der Waals surface area contributed by atoms with Gasteiger partial charge in [0, 0.05) is 65.3 Å². The van der Waals surface area contributed by atoms with E-state index >= 15 is 0 Å². The van der Waals surface area contributed by atoms with Gasteiger partial charge in [0.1, 0.15) is 6.61 Å². The van der Waals surface area contributed by atoms with E-state index in [9.17, 15) is 9.18 Å².